The molecule has 3 aromatic rings. The SMILES string of the molecule is CCc1cc(NCCNC(=O)c2cccnc2)nc(-c2ccc([N+](=O)[O-])cc2)n1. The molecule has 0 aliphatic carbocycles. The van der Waals surface area contributed by atoms with E-state index in [4.69, 9.17) is 0 Å². The van der Waals surface area contributed by atoms with Crippen LogP contribution in [-0.4, -0.2) is 38.9 Å². The van der Waals surface area contributed by atoms with Gasteiger partial charge in [0, 0.05) is 54.9 Å². The number of non-ortho nitro benzene ring substituents is 1. The minimum atomic E-state index is -0.445. The second-order valence-electron chi connectivity index (χ2n) is 6.15. The molecule has 0 fully saturated rings. The molecule has 9 nitrogen and oxygen atoms in total. The van der Waals surface area contributed by atoms with Gasteiger partial charge in [0.25, 0.3) is 11.6 Å². The lowest BCUT2D eigenvalue weighted by Crippen LogP contribution is -2.29. The van der Waals surface area contributed by atoms with Crippen LogP contribution < -0.4 is 10.6 Å². The Bertz CT molecular complexity index is 993. The van der Waals surface area contributed by atoms with Gasteiger partial charge in [-0.25, -0.2) is 9.97 Å². The molecule has 2 heterocycles. The molecule has 0 saturated carbocycles. The van der Waals surface area contributed by atoms with Gasteiger partial charge in [-0.2, -0.15) is 0 Å². The van der Waals surface area contributed by atoms with Gasteiger partial charge in [0.15, 0.2) is 5.82 Å². The zero-order valence-electron chi connectivity index (χ0n) is 15.8. The second-order valence-corrected chi connectivity index (χ2v) is 6.15. The van der Waals surface area contributed by atoms with E-state index in [2.05, 4.69) is 25.6 Å². The standard InChI is InChI=1S/C20H20N6O3/c1-2-16-12-18(22-10-11-23-20(27)15-4-3-9-21-13-15)25-19(24-16)14-5-7-17(8-6-14)26(28)29/h3-9,12-13H,2,10-11H2,1H3,(H,23,27)(H,22,24,25). The van der Waals surface area contributed by atoms with Gasteiger partial charge >= 0.3 is 0 Å². The maximum atomic E-state index is 12.0. The minimum absolute atomic E-state index is 0.0168. The van der Waals surface area contributed by atoms with Gasteiger partial charge in [-0.05, 0) is 30.7 Å². The van der Waals surface area contributed by atoms with Crippen molar-refractivity contribution < 1.29 is 9.72 Å². The first kappa shape index (κ1) is 19.9. The highest BCUT2D eigenvalue weighted by molar-refractivity contribution is 5.93. The summed E-state index contributed by atoms with van der Waals surface area (Å²) in [6, 6.07) is 11.4. The quantitative estimate of drug-likeness (QED) is 0.343. The zero-order valence-corrected chi connectivity index (χ0v) is 15.8. The average Bonchev–Trinajstić information content (AvgIpc) is 2.77. The molecule has 9 heteroatoms. The number of anilines is 1. The van der Waals surface area contributed by atoms with Crippen LogP contribution >= 0.6 is 0 Å². The molecule has 1 aromatic carbocycles. The smallest absolute Gasteiger partial charge is 0.269 e. The number of nitro groups is 1. The van der Waals surface area contributed by atoms with Gasteiger partial charge in [0.1, 0.15) is 5.82 Å². The van der Waals surface area contributed by atoms with Crippen LogP contribution in [0.5, 0.6) is 0 Å². The van der Waals surface area contributed by atoms with Crippen LogP contribution in [-0.2, 0) is 6.42 Å². The molecular formula is C20H20N6O3. The molecule has 0 aliphatic heterocycles. The molecule has 2 aromatic heterocycles. The number of nitro benzene ring substituents is 1. The number of hydrogen-bond donors (Lipinski definition) is 2. The number of benzene rings is 1. The van der Waals surface area contributed by atoms with Crippen LogP contribution in [0, 0.1) is 10.1 Å². The van der Waals surface area contributed by atoms with E-state index in [0.717, 1.165) is 12.1 Å². The monoisotopic (exact) mass is 392 g/mol. The Morgan fingerprint density at radius 3 is 2.59 bits per heavy atom. The Balaban J connectivity index is 1.64. The summed E-state index contributed by atoms with van der Waals surface area (Å²) in [4.78, 5) is 35.3. The van der Waals surface area contributed by atoms with Crippen molar-refractivity contribution in [1.29, 1.82) is 0 Å². The molecule has 0 unspecified atom stereocenters. The Labute approximate surface area is 167 Å². The molecule has 2 N–H and O–H groups in total. The zero-order chi connectivity index (χ0) is 20.6. The van der Waals surface area contributed by atoms with Gasteiger partial charge in [-0.3, -0.25) is 19.9 Å². The summed E-state index contributed by atoms with van der Waals surface area (Å²) in [5.74, 6) is 0.922. The first-order valence-corrected chi connectivity index (χ1v) is 9.11. The number of carbonyl (C=O) groups is 1. The molecule has 0 aliphatic rings. The third-order valence-electron chi connectivity index (χ3n) is 4.12. The number of nitrogens with one attached hydrogen (secondary N) is 2. The number of hydrogen-bond acceptors (Lipinski definition) is 7. The van der Waals surface area contributed by atoms with Crippen LogP contribution in [0.15, 0.2) is 54.9 Å². The average molecular weight is 392 g/mol. The third-order valence-corrected chi connectivity index (χ3v) is 4.12. The summed E-state index contributed by atoms with van der Waals surface area (Å²) in [5, 5.41) is 16.8. The molecule has 0 spiro atoms. The molecule has 29 heavy (non-hydrogen) atoms. The molecule has 0 saturated heterocycles. The van der Waals surface area contributed by atoms with E-state index in [0.29, 0.717) is 35.9 Å². The van der Waals surface area contributed by atoms with Crippen molar-refractivity contribution in [3.05, 3.63) is 76.2 Å². The maximum Gasteiger partial charge on any atom is 0.269 e. The maximum absolute atomic E-state index is 12.0. The lowest BCUT2D eigenvalue weighted by atomic mass is 10.2. The molecular weight excluding hydrogens is 372 g/mol. The highest BCUT2D eigenvalue weighted by Gasteiger charge is 2.10. The molecule has 1 amide bonds. The predicted octanol–water partition coefficient (Wildman–Crippen LogP) is 2.85. The molecule has 0 atom stereocenters. The summed E-state index contributed by atoms with van der Waals surface area (Å²) >= 11 is 0. The Hall–Kier alpha value is -3.88. The van der Waals surface area contributed by atoms with E-state index in [1.807, 2.05) is 13.0 Å². The van der Waals surface area contributed by atoms with Crippen LogP contribution in [0.2, 0.25) is 0 Å². The Morgan fingerprint density at radius 2 is 1.93 bits per heavy atom. The van der Waals surface area contributed by atoms with Crippen molar-refractivity contribution in [2.45, 2.75) is 13.3 Å². The topological polar surface area (TPSA) is 123 Å². The van der Waals surface area contributed by atoms with Crippen molar-refractivity contribution in [3.63, 3.8) is 0 Å². The minimum Gasteiger partial charge on any atom is -0.368 e. The highest BCUT2D eigenvalue weighted by Crippen LogP contribution is 2.21. The number of rotatable bonds is 8. The summed E-state index contributed by atoms with van der Waals surface area (Å²) < 4.78 is 0. The van der Waals surface area contributed by atoms with Gasteiger partial charge in [-0.1, -0.05) is 6.92 Å². The van der Waals surface area contributed by atoms with Crippen LogP contribution in [0.3, 0.4) is 0 Å². The fourth-order valence-electron chi connectivity index (χ4n) is 2.60. The predicted molar refractivity (Wildman–Crippen MR) is 109 cm³/mol. The highest BCUT2D eigenvalue weighted by atomic mass is 16.6. The van der Waals surface area contributed by atoms with Crippen molar-refractivity contribution in [2.75, 3.05) is 18.4 Å². The summed E-state index contributed by atoms with van der Waals surface area (Å²) in [6.07, 6.45) is 3.84. The Morgan fingerprint density at radius 1 is 1.14 bits per heavy atom. The van der Waals surface area contributed by atoms with E-state index in [1.165, 1.54) is 18.3 Å². The number of nitrogens with zero attached hydrogens (tertiary/aromatic N) is 4. The number of carbonyl (C=O) groups excluding carboxylic acids is 1. The van der Waals surface area contributed by atoms with E-state index in [9.17, 15) is 14.9 Å². The number of aryl methyl sites for hydroxylation is 1. The molecule has 148 valence electrons. The van der Waals surface area contributed by atoms with Crippen LogP contribution in [0.25, 0.3) is 11.4 Å². The van der Waals surface area contributed by atoms with Crippen molar-refractivity contribution >= 4 is 17.4 Å². The summed E-state index contributed by atoms with van der Waals surface area (Å²) in [6.45, 7) is 2.87. The van der Waals surface area contributed by atoms with Crippen LogP contribution in [0.1, 0.15) is 23.0 Å². The number of pyridine rings is 1. The van der Waals surface area contributed by atoms with E-state index in [-0.39, 0.29) is 11.6 Å². The van der Waals surface area contributed by atoms with Crippen LogP contribution in [0.4, 0.5) is 11.5 Å². The third kappa shape index (κ3) is 5.32. The first-order valence-electron chi connectivity index (χ1n) is 9.11. The number of aromatic nitrogens is 3. The molecule has 3 rings (SSSR count). The lowest BCUT2D eigenvalue weighted by Gasteiger charge is -2.10. The summed E-state index contributed by atoms with van der Waals surface area (Å²) in [7, 11) is 0. The van der Waals surface area contributed by atoms with Crippen molar-refractivity contribution in [1.82, 2.24) is 20.3 Å². The largest absolute Gasteiger partial charge is 0.368 e. The normalized spacial score (nSPS) is 10.4. The van der Waals surface area contributed by atoms with E-state index < -0.39 is 4.92 Å². The molecule has 0 bridgehead atoms. The fraction of sp³-hybridized carbons (Fsp3) is 0.200. The van der Waals surface area contributed by atoms with Gasteiger partial charge in [0.05, 0.1) is 10.5 Å². The van der Waals surface area contributed by atoms with E-state index >= 15 is 0 Å². The van der Waals surface area contributed by atoms with Crippen molar-refractivity contribution in [3.8, 4) is 11.4 Å². The van der Waals surface area contributed by atoms with Gasteiger partial charge in [-0.15, -0.1) is 0 Å². The first-order chi connectivity index (χ1) is 14.1. The van der Waals surface area contributed by atoms with Gasteiger partial charge < -0.3 is 10.6 Å². The lowest BCUT2D eigenvalue weighted by molar-refractivity contribution is -0.384. The second kappa shape index (κ2) is 9.36. The van der Waals surface area contributed by atoms with Gasteiger partial charge in [0.2, 0.25) is 0 Å². The molecule has 0 radical (unpaired) electrons. The van der Waals surface area contributed by atoms with E-state index in [1.54, 1.807) is 30.5 Å². The van der Waals surface area contributed by atoms with Crippen molar-refractivity contribution in [2.24, 2.45) is 0 Å². The fourth-order valence-corrected chi connectivity index (χ4v) is 2.60. The Kier molecular flexibility index (Phi) is 6.41. The summed E-state index contributed by atoms with van der Waals surface area (Å²) in [5.41, 5.74) is 2.06. The number of amides is 1.